The number of rotatable bonds is 7. The Labute approximate surface area is 118 Å². The molecule has 1 heterocycles. The molecule has 1 N–H and O–H groups in total. The molecule has 0 spiro atoms. The standard InChI is InChI=1S/C14H20N4S/c1-3-15-9-12-6-5-7-13(8-12)19-10-14-16-11-17-18(14)4-2/h5-8,11,15H,3-4,9-10H2,1-2H3. The molecule has 2 rings (SSSR count). The number of hydrogen-bond acceptors (Lipinski definition) is 4. The SMILES string of the molecule is CCNCc1cccc(SCc2ncnn2CC)c1. The van der Waals surface area contributed by atoms with Crippen LogP contribution in [0.2, 0.25) is 0 Å². The molecular weight excluding hydrogens is 256 g/mol. The van der Waals surface area contributed by atoms with E-state index in [1.165, 1.54) is 10.5 Å². The Hall–Kier alpha value is -1.33. The van der Waals surface area contributed by atoms with Gasteiger partial charge in [-0.1, -0.05) is 19.1 Å². The largest absolute Gasteiger partial charge is 0.313 e. The fourth-order valence-corrected chi connectivity index (χ4v) is 2.76. The van der Waals surface area contributed by atoms with Gasteiger partial charge in [0.05, 0.1) is 5.75 Å². The Morgan fingerprint density at radius 2 is 2.21 bits per heavy atom. The fourth-order valence-electron chi connectivity index (χ4n) is 1.83. The van der Waals surface area contributed by atoms with Crippen LogP contribution in [0.15, 0.2) is 35.5 Å². The molecule has 102 valence electrons. The summed E-state index contributed by atoms with van der Waals surface area (Å²) >= 11 is 1.80. The molecule has 2 aromatic rings. The average molecular weight is 276 g/mol. The molecule has 19 heavy (non-hydrogen) atoms. The van der Waals surface area contributed by atoms with Gasteiger partial charge in [0.1, 0.15) is 12.2 Å². The molecule has 0 fully saturated rings. The molecule has 0 aliphatic carbocycles. The van der Waals surface area contributed by atoms with E-state index in [0.717, 1.165) is 31.2 Å². The van der Waals surface area contributed by atoms with Crippen LogP contribution < -0.4 is 5.32 Å². The Bertz CT molecular complexity index is 510. The second kappa shape index (κ2) is 7.31. The zero-order chi connectivity index (χ0) is 13.5. The van der Waals surface area contributed by atoms with Crippen LogP contribution in [0.3, 0.4) is 0 Å². The molecule has 0 aliphatic heterocycles. The lowest BCUT2D eigenvalue weighted by Gasteiger charge is -2.06. The van der Waals surface area contributed by atoms with Crippen LogP contribution in [0.25, 0.3) is 0 Å². The monoisotopic (exact) mass is 276 g/mol. The van der Waals surface area contributed by atoms with E-state index in [4.69, 9.17) is 0 Å². The summed E-state index contributed by atoms with van der Waals surface area (Å²) < 4.78 is 1.94. The lowest BCUT2D eigenvalue weighted by atomic mass is 10.2. The lowest BCUT2D eigenvalue weighted by molar-refractivity contribution is 0.632. The predicted molar refractivity (Wildman–Crippen MR) is 79.1 cm³/mol. The molecule has 0 amide bonds. The summed E-state index contributed by atoms with van der Waals surface area (Å²) in [6.45, 7) is 7.00. The van der Waals surface area contributed by atoms with Gasteiger partial charge in [-0.15, -0.1) is 11.8 Å². The molecule has 0 radical (unpaired) electrons. The zero-order valence-electron chi connectivity index (χ0n) is 11.5. The van der Waals surface area contributed by atoms with E-state index in [1.54, 1.807) is 18.1 Å². The van der Waals surface area contributed by atoms with Crippen molar-refractivity contribution >= 4 is 11.8 Å². The third-order valence-corrected chi connectivity index (χ3v) is 3.83. The molecule has 1 aromatic carbocycles. The molecule has 0 atom stereocenters. The van der Waals surface area contributed by atoms with E-state index in [1.807, 2.05) is 4.68 Å². The van der Waals surface area contributed by atoms with E-state index in [0.29, 0.717) is 0 Å². The minimum Gasteiger partial charge on any atom is -0.313 e. The van der Waals surface area contributed by atoms with Gasteiger partial charge in [-0.3, -0.25) is 0 Å². The summed E-state index contributed by atoms with van der Waals surface area (Å²) in [5.74, 6) is 1.89. The number of benzene rings is 1. The Balaban J connectivity index is 1.95. The van der Waals surface area contributed by atoms with Gasteiger partial charge in [0.15, 0.2) is 0 Å². The Kier molecular flexibility index (Phi) is 5.42. The van der Waals surface area contributed by atoms with E-state index in [9.17, 15) is 0 Å². The van der Waals surface area contributed by atoms with Gasteiger partial charge < -0.3 is 5.32 Å². The second-order valence-corrected chi connectivity index (χ2v) is 5.26. The van der Waals surface area contributed by atoms with Crippen LogP contribution in [0.5, 0.6) is 0 Å². The van der Waals surface area contributed by atoms with Crippen LogP contribution >= 0.6 is 11.8 Å². The van der Waals surface area contributed by atoms with E-state index >= 15 is 0 Å². The highest BCUT2D eigenvalue weighted by Gasteiger charge is 2.04. The van der Waals surface area contributed by atoms with Crippen LogP contribution in [-0.4, -0.2) is 21.3 Å². The van der Waals surface area contributed by atoms with Crippen molar-refractivity contribution in [1.29, 1.82) is 0 Å². The molecule has 0 saturated carbocycles. The van der Waals surface area contributed by atoms with Crippen molar-refractivity contribution in [1.82, 2.24) is 20.1 Å². The Morgan fingerprint density at radius 1 is 1.32 bits per heavy atom. The summed E-state index contributed by atoms with van der Waals surface area (Å²) in [5, 5.41) is 7.53. The van der Waals surface area contributed by atoms with E-state index in [2.05, 4.69) is 53.5 Å². The maximum absolute atomic E-state index is 4.29. The first kappa shape index (κ1) is 14.1. The highest BCUT2D eigenvalue weighted by Crippen LogP contribution is 2.22. The quantitative estimate of drug-likeness (QED) is 0.790. The molecule has 4 nitrogen and oxygen atoms in total. The topological polar surface area (TPSA) is 42.7 Å². The summed E-state index contributed by atoms with van der Waals surface area (Å²) in [6, 6.07) is 8.65. The van der Waals surface area contributed by atoms with Crippen LogP contribution in [-0.2, 0) is 18.8 Å². The summed E-state index contributed by atoms with van der Waals surface area (Å²) in [6.07, 6.45) is 1.63. The average Bonchev–Trinajstić information content (AvgIpc) is 2.91. The molecule has 0 bridgehead atoms. The number of thioether (sulfide) groups is 1. The number of nitrogens with zero attached hydrogens (tertiary/aromatic N) is 3. The first-order valence-electron chi connectivity index (χ1n) is 6.62. The normalized spacial score (nSPS) is 10.8. The number of hydrogen-bond donors (Lipinski definition) is 1. The Morgan fingerprint density at radius 3 is 3.00 bits per heavy atom. The van der Waals surface area contributed by atoms with Crippen molar-refractivity contribution in [3.63, 3.8) is 0 Å². The third kappa shape index (κ3) is 4.08. The number of aromatic nitrogens is 3. The molecule has 1 aromatic heterocycles. The van der Waals surface area contributed by atoms with Crippen molar-refractivity contribution in [3.05, 3.63) is 42.0 Å². The molecule has 0 unspecified atom stereocenters. The summed E-state index contributed by atoms with van der Waals surface area (Å²) in [4.78, 5) is 5.57. The van der Waals surface area contributed by atoms with Crippen molar-refractivity contribution < 1.29 is 0 Å². The van der Waals surface area contributed by atoms with Gasteiger partial charge in [0, 0.05) is 18.0 Å². The fraction of sp³-hybridized carbons (Fsp3) is 0.429. The van der Waals surface area contributed by atoms with Crippen LogP contribution in [0.4, 0.5) is 0 Å². The molecular formula is C14H20N4S. The van der Waals surface area contributed by atoms with Crippen LogP contribution in [0, 0.1) is 0 Å². The van der Waals surface area contributed by atoms with Crippen LogP contribution in [0.1, 0.15) is 25.2 Å². The smallest absolute Gasteiger partial charge is 0.138 e. The number of aryl methyl sites for hydroxylation is 1. The van der Waals surface area contributed by atoms with Gasteiger partial charge in [0.25, 0.3) is 0 Å². The van der Waals surface area contributed by atoms with Crippen molar-refractivity contribution in [3.8, 4) is 0 Å². The highest BCUT2D eigenvalue weighted by atomic mass is 32.2. The summed E-state index contributed by atoms with van der Waals surface area (Å²) in [5.41, 5.74) is 1.32. The van der Waals surface area contributed by atoms with Crippen molar-refractivity contribution in [2.45, 2.75) is 37.6 Å². The van der Waals surface area contributed by atoms with Gasteiger partial charge >= 0.3 is 0 Å². The minimum absolute atomic E-state index is 0.860. The maximum Gasteiger partial charge on any atom is 0.138 e. The third-order valence-electron chi connectivity index (χ3n) is 2.84. The van der Waals surface area contributed by atoms with Gasteiger partial charge in [-0.05, 0) is 31.2 Å². The van der Waals surface area contributed by atoms with E-state index < -0.39 is 0 Å². The lowest BCUT2D eigenvalue weighted by Crippen LogP contribution is -2.11. The molecule has 0 aliphatic rings. The minimum atomic E-state index is 0.860. The molecule has 5 heteroatoms. The van der Waals surface area contributed by atoms with Crippen molar-refractivity contribution in [2.24, 2.45) is 0 Å². The maximum atomic E-state index is 4.29. The first-order chi connectivity index (χ1) is 9.33. The first-order valence-corrected chi connectivity index (χ1v) is 7.61. The van der Waals surface area contributed by atoms with Gasteiger partial charge in [-0.2, -0.15) is 5.10 Å². The van der Waals surface area contributed by atoms with Crippen molar-refractivity contribution in [2.75, 3.05) is 6.54 Å². The zero-order valence-corrected chi connectivity index (χ0v) is 12.3. The van der Waals surface area contributed by atoms with Gasteiger partial charge in [0.2, 0.25) is 0 Å². The second-order valence-electron chi connectivity index (χ2n) is 4.21. The number of nitrogens with one attached hydrogen (secondary N) is 1. The van der Waals surface area contributed by atoms with E-state index in [-0.39, 0.29) is 0 Å². The van der Waals surface area contributed by atoms with Gasteiger partial charge in [-0.25, -0.2) is 9.67 Å². The summed E-state index contributed by atoms with van der Waals surface area (Å²) in [7, 11) is 0. The molecule has 0 saturated heterocycles. The predicted octanol–water partition coefficient (Wildman–Crippen LogP) is 2.70. The highest BCUT2D eigenvalue weighted by molar-refractivity contribution is 7.98.